The van der Waals surface area contributed by atoms with Crippen molar-refractivity contribution in [2.75, 3.05) is 27.8 Å². The quantitative estimate of drug-likeness (QED) is 0.286. The molecular formula is C20H27BrIN3O3. The lowest BCUT2D eigenvalue weighted by atomic mass is 10.2. The van der Waals surface area contributed by atoms with Crippen molar-refractivity contribution in [2.24, 2.45) is 4.99 Å². The van der Waals surface area contributed by atoms with Crippen LogP contribution >= 0.6 is 39.9 Å². The number of guanidine groups is 1. The van der Waals surface area contributed by atoms with E-state index in [0.29, 0.717) is 19.0 Å². The third-order valence-corrected chi connectivity index (χ3v) is 4.47. The minimum atomic E-state index is -0.0602. The van der Waals surface area contributed by atoms with Crippen molar-refractivity contribution >= 4 is 45.9 Å². The highest BCUT2D eigenvalue weighted by Crippen LogP contribution is 2.27. The highest BCUT2D eigenvalue weighted by atomic mass is 127. The molecule has 2 N–H and O–H groups in total. The van der Waals surface area contributed by atoms with Crippen LogP contribution in [-0.4, -0.2) is 39.9 Å². The van der Waals surface area contributed by atoms with Crippen LogP contribution in [0.15, 0.2) is 51.9 Å². The first-order valence-corrected chi connectivity index (χ1v) is 9.43. The molecule has 0 saturated heterocycles. The summed E-state index contributed by atoms with van der Waals surface area (Å²) in [5.41, 5.74) is 1.11. The number of benzene rings is 2. The molecule has 0 spiro atoms. The minimum Gasteiger partial charge on any atom is -0.496 e. The average molecular weight is 564 g/mol. The van der Waals surface area contributed by atoms with E-state index in [1.54, 1.807) is 21.3 Å². The van der Waals surface area contributed by atoms with E-state index in [9.17, 15) is 0 Å². The molecule has 1 atom stereocenters. The van der Waals surface area contributed by atoms with Crippen LogP contribution in [0, 0.1) is 0 Å². The van der Waals surface area contributed by atoms with E-state index < -0.39 is 0 Å². The Morgan fingerprint density at radius 2 is 1.71 bits per heavy atom. The van der Waals surface area contributed by atoms with Crippen LogP contribution in [0.3, 0.4) is 0 Å². The Morgan fingerprint density at radius 3 is 2.32 bits per heavy atom. The van der Waals surface area contributed by atoms with E-state index in [0.717, 1.165) is 27.3 Å². The molecule has 0 heterocycles. The molecule has 2 aromatic rings. The number of nitrogens with one attached hydrogen (secondary N) is 2. The molecule has 154 valence electrons. The fourth-order valence-corrected chi connectivity index (χ4v) is 3.03. The Hall–Kier alpha value is -1.68. The van der Waals surface area contributed by atoms with Crippen molar-refractivity contribution in [1.82, 2.24) is 10.6 Å². The van der Waals surface area contributed by atoms with Gasteiger partial charge >= 0.3 is 0 Å². The summed E-state index contributed by atoms with van der Waals surface area (Å²) in [7, 11) is 5.03. The second kappa shape index (κ2) is 12.7. The van der Waals surface area contributed by atoms with Crippen LogP contribution < -0.4 is 24.8 Å². The smallest absolute Gasteiger partial charge is 0.191 e. The van der Waals surface area contributed by atoms with Gasteiger partial charge in [-0.3, -0.25) is 4.99 Å². The largest absolute Gasteiger partial charge is 0.496 e. The summed E-state index contributed by atoms with van der Waals surface area (Å²) in [6.45, 7) is 3.24. The molecule has 0 amide bonds. The lowest BCUT2D eigenvalue weighted by Gasteiger charge is -2.19. The molecule has 6 nitrogen and oxygen atoms in total. The van der Waals surface area contributed by atoms with Gasteiger partial charge < -0.3 is 24.8 Å². The monoisotopic (exact) mass is 563 g/mol. The topological polar surface area (TPSA) is 64.1 Å². The second-order valence-electron chi connectivity index (χ2n) is 5.85. The highest BCUT2D eigenvalue weighted by Gasteiger charge is 2.09. The summed E-state index contributed by atoms with van der Waals surface area (Å²) in [5.74, 6) is 2.96. The molecule has 0 aliphatic carbocycles. The number of para-hydroxylation sites is 2. The number of aliphatic imine (C=N–C) groups is 1. The van der Waals surface area contributed by atoms with Crippen molar-refractivity contribution in [3.05, 3.63) is 52.5 Å². The molecule has 28 heavy (non-hydrogen) atoms. The minimum absolute atomic E-state index is 0. The summed E-state index contributed by atoms with van der Waals surface area (Å²) < 4.78 is 17.4. The molecule has 0 aromatic heterocycles. The predicted octanol–water partition coefficient (Wildman–Crippen LogP) is 4.22. The molecule has 2 rings (SSSR count). The van der Waals surface area contributed by atoms with Gasteiger partial charge in [-0.2, -0.15) is 0 Å². The first-order chi connectivity index (χ1) is 13.1. The maximum atomic E-state index is 5.94. The number of hydrogen-bond donors (Lipinski definition) is 2. The molecule has 0 aliphatic heterocycles. The number of hydrogen-bond acceptors (Lipinski definition) is 4. The van der Waals surface area contributed by atoms with Gasteiger partial charge in [0.05, 0.1) is 25.2 Å². The fraction of sp³-hybridized carbons (Fsp3) is 0.350. The Labute approximate surface area is 192 Å². The Bertz CT molecular complexity index is 774. The van der Waals surface area contributed by atoms with E-state index in [-0.39, 0.29) is 30.1 Å². The third-order valence-electron chi connectivity index (χ3n) is 3.85. The Morgan fingerprint density at radius 1 is 1.04 bits per heavy atom. The zero-order chi connectivity index (χ0) is 19.6. The summed E-state index contributed by atoms with van der Waals surface area (Å²) in [6.07, 6.45) is -0.0602. The SMILES string of the molecule is CN=C(NCc1ccc(OC)c(Br)c1)NCC(C)Oc1ccccc1OC.I. The van der Waals surface area contributed by atoms with Crippen LogP contribution in [0.2, 0.25) is 0 Å². The van der Waals surface area contributed by atoms with Crippen molar-refractivity contribution in [3.63, 3.8) is 0 Å². The summed E-state index contributed by atoms with van der Waals surface area (Å²) in [6, 6.07) is 13.6. The number of ether oxygens (including phenoxy) is 3. The van der Waals surface area contributed by atoms with E-state index in [1.807, 2.05) is 49.4 Å². The van der Waals surface area contributed by atoms with Crippen LogP contribution in [-0.2, 0) is 6.54 Å². The van der Waals surface area contributed by atoms with E-state index in [1.165, 1.54) is 0 Å². The molecule has 8 heteroatoms. The average Bonchev–Trinajstić information content (AvgIpc) is 2.68. The molecule has 2 aromatic carbocycles. The zero-order valence-electron chi connectivity index (χ0n) is 16.5. The van der Waals surface area contributed by atoms with E-state index >= 15 is 0 Å². The zero-order valence-corrected chi connectivity index (χ0v) is 20.4. The van der Waals surface area contributed by atoms with E-state index in [4.69, 9.17) is 14.2 Å². The molecule has 0 saturated carbocycles. The van der Waals surface area contributed by atoms with Gasteiger partial charge in [-0.05, 0) is 52.7 Å². The summed E-state index contributed by atoms with van der Waals surface area (Å²) in [5, 5.41) is 6.56. The number of nitrogens with zero attached hydrogens (tertiary/aromatic N) is 1. The Kier molecular flexibility index (Phi) is 11.1. The second-order valence-corrected chi connectivity index (χ2v) is 6.71. The number of halogens is 2. The molecule has 1 unspecified atom stereocenters. The molecule has 0 aliphatic rings. The van der Waals surface area contributed by atoms with Crippen molar-refractivity contribution in [2.45, 2.75) is 19.6 Å². The lowest BCUT2D eigenvalue weighted by molar-refractivity contribution is 0.213. The van der Waals surface area contributed by atoms with Gasteiger partial charge in [0, 0.05) is 13.6 Å². The van der Waals surface area contributed by atoms with E-state index in [2.05, 4.69) is 31.6 Å². The number of methoxy groups -OCH3 is 2. The lowest BCUT2D eigenvalue weighted by Crippen LogP contribution is -2.41. The van der Waals surface area contributed by atoms with Crippen molar-refractivity contribution in [3.8, 4) is 17.2 Å². The van der Waals surface area contributed by atoms with Crippen molar-refractivity contribution < 1.29 is 14.2 Å². The molecule has 0 radical (unpaired) electrons. The van der Waals surface area contributed by atoms with Gasteiger partial charge in [0.2, 0.25) is 0 Å². The number of rotatable bonds is 8. The van der Waals surface area contributed by atoms with Crippen LogP contribution in [0.4, 0.5) is 0 Å². The molecular weight excluding hydrogens is 537 g/mol. The van der Waals surface area contributed by atoms with Crippen LogP contribution in [0.5, 0.6) is 17.2 Å². The normalized spacial score (nSPS) is 11.8. The molecule has 0 bridgehead atoms. The maximum Gasteiger partial charge on any atom is 0.191 e. The molecule has 0 fully saturated rings. The maximum absolute atomic E-state index is 5.94. The van der Waals surface area contributed by atoms with Gasteiger partial charge in [-0.25, -0.2) is 0 Å². The van der Waals surface area contributed by atoms with Gasteiger partial charge in [0.25, 0.3) is 0 Å². The highest BCUT2D eigenvalue weighted by molar-refractivity contribution is 14.0. The van der Waals surface area contributed by atoms with Crippen LogP contribution in [0.25, 0.3) is 0 Å². The van der Waals surface area contributed by atoms with Crippen molar-refractivity contribution in [1.29, 1.82) is 0 Å². The predicted molar refractivity (Wildman–Crippen MR) is 127 cm³/mol. The first-order valence-electron chi connectivity index (χ1n) is 8.64. The fourth-order valence-electron chi connectivity index (χ4n) is 2.44. The van der Waals surface area contributed by atoms with Gasteiger partial charge in [-0.15, -0.1) is 24.0 Å². The van der Waals surface area contributed by atoms with Crippen LogP contribution in [0.1, 0.15) is 12.5 Å². The Balaban J connectivity index is 0.00000392. The van der Waals surface area contributed by atoms with Gasteiger partial charge in [-0.1, -0.05) is 18.2 Å². The third kappa shape index (κ3) is 7.38. The van der Waals surface area contributed by atoms with Gasteiger partial charge in [0.1, 0.15) is 11.9 Å². The summed E-state index contributed by atoms with van der Waals surface area (Å²) >= 11 is 3.50. The standard InChI is InChI=1S/C20H26BrN3O3.HI/c1-14(27-19-8-6-5-7-18(19)26-4)12-23-20(22-2)24-13-15-9-10-17(25-3)16(21)11-15;/h5-11,14H,12-13H2,1-4H3,(H2,22,23,24);1H. The first kappa shape index (κ1) is 24.4. The van der Waals surface area contributed by atoms with Gasteiger partial charge in [0.15, 0.2) is 17.5 Å². The summed E-state index contributed by atoms with van der Waals surface area (Å²) in [4.78, 5) is 4.25.